The average Bonchev–Trinajstić information content (AvgIpc) is 3.33. The third kappa shape index (κ3) is 6.12. The quantitative estimate of drug-likeness (QED) is 0.377. The Morgan fingerprint density at radius 3 is 2.74 bits per heavy atom. The second-order valence-electron chi connectivity index (χ2n) is 6.93. The van der Waals surface area contributed by atoms with Crippen LogP contribution in [0.15, 0.2) is 41.7 Å². The van der Waals surface area contributed by atoms with Gasteiger partial charge in [0.15, 0.2) is 5.96 Å². The molecule has 1 unspecified atom stereocenters. The molecule has 2 N–H and O–H groups in total. The summed E-state index contributed by atoms with van der Waals surface area (Å²) < 4.78 is 1.94. The molecule has 0 amide bonds. The SMILES string of the molecule is CN=C(NCCn1cc(C)cn1)NC(C)c1cccc(N2CCCC2)c1.I. The molecule has 6 nitrogen and oxygen atoms in total. The second-order valence-corrected chi connectivity index (χ2v) is 6.93. The van der Waals surface area contributed by atoms with E-state index in [1.165, 1.54) is 42.7 Å². The van der Waals surface area contributed by atoms with E-state index in [4.69, 9.17) is 0 Å². The normalized spacial score (nSPS) is 15.4. The molecule has 0 bridgehead atoms. The zero-order valence-corrected chi connectivity index (χ0v) is 18.8. The number of hydrogen-bond acceptors (Lipinski definition) is 3. The van der Waals surface area contributed by atoms with Crippen LogP contribution in [0.5, 0.6) is 0 Å². The standard InChI is InChI=1S/C20H30N6.HI/c1-16-14-23-26(15-16)12-9-22-20(21-3)24-17(2)18-7-6-8-19(13-18)25-10-4-5-11-25;/h6-8,13-15,17H,4-5,9-12H2,1-3H3,(H2,21,22,24);1H. The lowest BCUT2D eigenvalue weighted by Gasteiger charge is -2.22. The maximum Gasteiger partial charge on any atom is 0.191 e. The van der Waals surface area contributed by atoms with E-state index in [0.717, 1.165) is 19.0 Å². The van der Waals surface area contributed by atoms with Gasteiger partial charge in [0.05, 0.1) is 18.8 Å². The summed E-state index contributed by atoms with van der Waals surface area (Å²) in [5, 5.41) is 11.2. The van der Waals surface area contributed by atoms with Gasteiger partial charge in [0.1, 0.15) is 0 Å². The van der Waals surface area contributed by atoms with E-state index >= 15 is 0 Å². The molecular weight excluding hydrogens is 451 g/mol. The lowest BCUT2D eigenvalue weighted by molar-refractivity contribution is 0.591. The Bertz CT molecular complexity index is 736. The fourth-order valence-corrected chi connectivity index (χ4v) is 3.33. The topological polar surface area (TPSA) is 57.5 Å². The Hall–Kier alpha value is -1.77. The largest absolute Gasteiger partial charge is 0.372 e. The van der Waals surface area contributed by atoms with Crippen LogP contribution in [0.3, 0.4) is 0 Å². The lowest BCUT2D eigenvalue weighted by Crippen LogP contribution is -2.40. The highest BCUT2D eigenvalue weighted by molar-refractivity contribution is 14.0. The van der Waals surface area contributed by atoms with Gasteiger partial charge in [-0.3, -0.25) is 9.67 Å². The van der Waals surface area contributed by atoms with Crippen LogP contribution < -0.4 is 15.5 Å². The number of halogens is 1. The van der Waals surface area contributed by atoms with E-state index in [1.807, 2.05) is 17.1 Å². The molecule has 1 aliphatic rings. The van der Waals surface area contributed by atoms with Crippen LogP contribution >= 0.6 is 24.0 Å². The molecule has 1 fully saturated rings. The minimum Gasteiger partial charge on any atom is -0.372 e. The number of anilines is 1. The van der Waals surface area contributed by atoms with Gasteiger partial charge in [-0.15, -0.1) is 24.0 Å². The number of nitrogens with zero attached hydrogens (tertiary/aromatic N) is 4. The molecule has 0 saturated carbocycles. The van der Waals surface area contributed by atoms with E-state index in [-0.39, 0.29) is 30.0 Å². The number of aromatic nitrogens is 2. The highest BCUT2D eigenvalue weighted by Crippen LogP contribution is 2.23. The van der Waals surface area contributed by atoms with Gasteiger partial charge in [-0.2, -0.15) is 5.10 Å². The molecule has 27 heavy (non-hydrogen) atoms. The van der Waals surface area contributed by atoms with E-state index in [0.29, 0.717) is 0 Å². The number of guanidine groups is 1. The first-order valence-electron chi connectivity index (χ1n) is 9.47. The first kappa shape index (κ1) is 21.5. The minimum atomic E-state index is 0. The smallest absolute Gasteiger partial charge is 0.191 e. The number of nitrogens with one attached hydrogen (secondary N) is 2. The van der Waals surface area contributed by atoms with Crippen LogP contribution in [0.4, 0.5) is 5.69 Å². The zero-order valence-electron chi connectivity index (χ0n) is 16.5. The highest BCUT2D eigenvalue weighted by atomic mass is 127. The molecule has 7 heteroatoms. The molecular formula is C20H31IN6. The van der Waals surface area contributed by atoms with Crippen LogP contribution in [0.2, 0.25) is 0 Å². The zero-order chi connectivity index (χ0) is 18.4. The first-order valence-corrected chi connectivity index (χ1v) is 9.47. The van der Waals surface area contributed by atoms with E-state index < -0.39 is 0 Å². The summed E-state index contributed by atoms with van der Waals surface area (Å²) in [6.45, 7) is 8.15. The van der Waals surface area contributed by atoms with Crippen molar-refractivity contribution in [2.75, 3.05) is 31.6 Å². The van der Waals surface area contributed by atoms with Crippen LogP contribution in [0.1, 0.15) is 36.9 Å². The van der Waals surface area contributed by atoms with Gasteiger partial charge in [-0.25, -0.2) is 0 Å². The second kappa shape index (κ2) is 10.5. The fourth-order valence-electron chi connectivity index (χ4n) is 3.33. The van der Waals surface area contributed by atoms with Gasteiger partial charge in [0, 0.05) is 38.6 Å². The summed E-state index contributed by atoms with van der Waals surface area (Å²) in [5.41, 5.74) is 3.78. The maximum absolute atomic E-state index is 4.34. The van der Waals surface area contributed by atoms with Crippen molar-refractivity contribution in [1.82, 2.24) is 20.4 Å². The van der Waals surface area contributed by atoms with Gasteiger partial charge in [0.25, 0.3) is 0 Å². The summed E-state index contributed by atoms with van der Waals surface area (Å²) in [4.78, 5) is 6.81. The molecule has 1 aromatic heterocycles. The summed E-state index contributed by atoms with van der Waals surface area (Å²) in [6, 6.07) is 9.02. The van der Waals surface area contributed by atoms with E-state index in [9.17, 15) is 0 Å². The molecule has 148 valence electrons. The molecule has 0 spiro atoms. The number of aliphatic imine (C=N–C) groups is 1. The number of aryl methyl sites for hydroxylation is 1. The molecule has 1 aliphatic heterocycles. The van der Waals surface area contributed by atoms with Crippen molar-refractivity contribution in [1.29, 1.82) is 0 Å². The Balaban J connectivity index is 0.00000261. The molecule has 2 aromatic rings. The predicted molar refractivity (Wildman–Crippen MR) is 123 cm³/mol. The van der Waals surface area contributed by atoms with Crippen LogP contribution in [-0.4, -0.2) is 42.4 Å². The molecule has 1 saturated heterocycles. The van der Waals surface area contributed by atoms with Crippen molar-refractivity contribution in [3.63, 3.8) is 0 Å². The van der Waals surface area contributed by atoms with Crippen molar-refractivity contribution in [3.8, 4) is 0 Å². The summed E-state index contributed by atoms with van der Waals surface area (Å²) in [7, 11) is 1.81. The third-order valence-corrected chi connectivity index (χ3v) is 4.81. The van der Waals surface area contributed by atoms with Gasteiger partial charge in [-0.05, 0) is 49.9 Å². The van der Waals surface area contributed by atoms with Gasteiger partial charge in [0.2, 0.25) is 0 Å². The Morgan fingerprint density at radius 2 is 2.07 bits per heavy atom. The van der Waals surface area contributed by atoms with Crippen LogP contribution in [0, 0.1) is 6.92 Å². The van der Waals surface area contributed by atoms with Crippen LogP contribution in [0.25, 0.3) is 0 Å². The summed E-state index contributed by atoms with van der Waals surface area (Å²) in [6.07, 6.45) is 6.52. The molecule has 0 aliphatic carbocycles. The van der Waals surface area contributed by atoms with Gasteiger partial charge in [-0.1, -0.05) is 12.1 Å². The van der Waals surface area contributed by atoms with E-state index in [1.54, 1.807) is 7.05 Å². The Morgan fingerprint density at radius 1 is 1.30 bits per heavy atom. The number of benzene rings is 1. The van der Waals surface area contributed by atoms with Crippen molar-refractivity contribution in [2.24, 2.45) is 4.99 Å². The molecule has 3 rings (SSSR count). The average molecular weight is 482 g/mol. The maximum atomic E-state index is 4.34. The van der Waals surface area contributed by atoms with E-state index in [2.05, 4.69) is 63.7 Å². The Kier molecular flexibility index (Phi) is 8.40. The van der Waals surface area contributed by atoms with Gasteiger partial charge >= 0.3 is 0 Å². The monoisotopic (exact) mass is 482 g/mol. The highest BCUT2D eigenvalue weighted by Gasteiger charge is 2.14. The molecule has 0 radical (unpaired) electrons. The minimum absolute atomic E-state index is 0. The first-order chi connectivity index (χ1) is 12.7. The Labute approximate surface area is 179 Å². The fraction of sp³-hybridized carbons (Fsp3) is 0.500. The van der Waals surface area contributed by atoms with Crippen molar-refractivity contribution in [3.05, 3.63) is 47.8 Å². The summed E-state index contributed by atoms with van der Waals surface area (Å²) >= 11 is 0. The molecule has 1 aromatic carbocycles. The number of hydrogen-bond donors (Lipinski definition) is 2. The molecule has 2 heterocycles. The van der Waals surface area contributed by atoms with Crippen LogP contribution in [-0.2, 0) is 6.54 Å². The van der Waals surface area contributed by atoms with Crippen molar-refractivity contribution >= 4 is 35.6 Å². The van der Waals surface area contributed by atoms with Crippen molar-refractivity contribution in [2.45, 2.75) is 39.3 Å². The lowest BCUT2D eigenvalue weighted by atomic mass is 10.1. The predicted octanol–water partition coefficient (Wildman–Crippen LogP) is 3.34. The third-order valence-electron chi connectivity index (χ3n) is 4.81. The summed E-state index contributed by atoms with van der Waals surface area (Å²) in [5.74, 6) is 0.813. The molecule has 1 atom stereocenters. The van der Waals surface area contributed by atoms with Gasteiger partial charge < -0.3 is 15.5 Å². The van der Waals surface area contributed by atoms with Crippen molar-refractivity contribution < 1.29 is 0 Å². The number of rotatable bonds is 6.